The van der Waals surface area contributed by atoms with Crippen molar-refractivity contribution in [2.24, 2.45) is 5.92 Å². The number of methoxy groups -OCH3 is 1. The zero-order chi connectivity index (χ0) is 18.1. The topological polar surface area (TPSA) is 64.8 Å². The number of nitro groups is 1. The lowest BCUT2D eigenvalue weighted by Crippen LogP contribution is -2.45. The van der Waals surface area contributed by atoms with E-state index in [1.807, 2.05) is 0 Å². The molecule has 1 aromatic carbocycles. The third-order valence-electron chi connectivity index (χ3n) is 4.97. The van der Waals surface area contributed by atoms with Gasteiger partial charge in [-0.15, -0.1) is 0 Å². The molecule has 0 N–H and O–H groups in total. The first kappa shape index (κ1) is 19.7. The van der Waals surface area contributed by atoms with Crippen LogP contribution in [0.2, 0.25) is 0 Å². The van der Waals surface area contributed by atoms with E-state index in [0.717, 1.165) is 25.9 Å². The number of rotatable bonds is 10. The van der Waals surface area contributed by atoms with Crippen molar-refractivity contribution in [3.63, 3.8) is 0 Å². The fraction of sp³-hybridized carbons (Fsp3) is 0.684. The molecule has 0 radical (unpaired) electrons. The smallest absolute Gasteiger partial charge is 0.269 e. The highest BCUT2D eigenvalue weighted by atomic mass is 16.6. The largest absolute Gasteiger partial charge is 0.494 e. The van der Waals surface area contributed by atoms with Gasteiger partial charge in [0.05, 0.1) is 17.6 Å². The summed E-state index contributed by atoms with van der Waals surface area (Å²) in [7, 11) is 1.80. The van der Waals surface area contributed by atoms with Crippen LogP contribution in [0.1, 0.15) is 39.0 Å². The van der Waals surface area contributed by atoms with Gasteiger partial charge in [-0.3, -0.25) is 10.1 Å². The number of hydrogen-bond donors (Lipinski definition) is 0. The molecule has 2 rings (SSSR count). The Balaban J connectivity index is 1.73. The van der Waals surface area contributed by atoms with Crippen molar-refractivity contribution in [1.82, 2.24) is 4.90 Å². The van der Waals surface area contributed by atoms with Gasteiger partial charge in [-0.05, 0) is 50.4 Å². The molecule has 1 aliphatic rings. The standard InChI is InChI=1S/C19H30N2O4/c1-3-4-5-12-20-13-10-16(19(15-20)24-2)11-14-25-18-8-6-17(7-9-18)21(22)23/h6-9,16,19H,3-5,10-15H2,1-2H3/t16-,19-/m1/s1. The summed E-state index contributed by atoms with van der Waals surface area (Å²) in [4.78, 5) is 12.8. The second kappa shape index (κ2) is 10.4. The van der Waals surface area contributed by atoms with E-state index in [-0.39, 0.29) is 11.8 Å². The van der Waals surface area contributed by atoms with Gasteiger partial charge in [0.15, 0.2) is 0 Å². The number of unbranched alkanes of at least 4 members (excludes halogenated alkanes) is 2. The van der Waals surface area contributed by atoms with E-state index >= 15 is 0 Å². The minimum atomic E-state index is -0.402. The summed E-state index contributed by atoms with van der Waals surface area (Å²) in [6.45, 7) is 6.14. The lowest BCUT2D eigenvalue weighted by Gasteiger charge is -2.37. The van der Waals surface area contributed by atoms with Crippen LogP contribution in [0.15, 0.2) is 24.3 Å². The average molecular weight is 350 g/mol. The fourth-order valence-corrected chi connectivity index (χ4v) is 3.41. The number of piperidine rings is 1. The monoisotopic (exact) mass is 350 g/mol. The SMILES string of the molecule is CCCCCN1CC[C@H](CCOc2ccc([N+](=O)[O-])cc2)[C@H](OC)C1. The summed E-state index contributed by atoms with van der Waals surface area (Å²) >= 11 is 0. The van der Waals surface area contributed by atoms with Crippen molar-refractivity contribution >= 4 is 5.69 Å². The van der Waals surface area contributed by atoms with Crippen LogP contribution in [0.4, 0.5) is 5.69 Å². The molecular formula is C19H30N2O4. The van der Waals surface area contributed by atoms with E-state index in [0.29, 0.717) is 18.3 Å². The fourth-order valence-electron chi connectivity index (χ4n) is 3.41. The Morgan fingerprint density at radius 2 is 2.04 bits per heavy atom. The molecule has 0 aromatic heterocycles. The van der Waals surface area contributed by atoms with Crippen LogP contribution < -0.4 is 4.74 Å². The molecule has 6 nitrogen and oxygen atoms in total. The van der Waals surface area contributed by atoms with E-state index in [9.17, 15) is 10.1 Å². The summed E-state index contributed by atoms with van der Waals surface area (Å²) in [5, 5.41) is 10.7. The summed E-state index contributed by atoms with van der Waals surface area (Å²) in [6.07, 6.45) is 6.15. The highest BCUT2D eigenvalue weighted by molar-refractivity contribution is 5.35. The van der Waals surface area contributed by atoms with E-state index in [1.54, 1.807) is 19.2 Å². The molecule has 25 heavy (non-hydrogen) atoms. The van der Waals surface area contributed by atoms with Crippen molar-refractivity contribution in [3.05, 3.63) is 34.4 Å². The zero-order valence-electron chi connectivity index (χ0n) is 15.4. The molecule has 1 heterocycles. The molecule has 1 fully saturated rings. The second-order valence-corrected chi connectivity index (χ2v) is 6.72. The van der Waals surface area contributed by atoms with Crippen LogP contribution in [-0.4, -0.2) is 49.3 Å². The third-order valence-corrected chi connectivity index (χ3v) is 4.97. The molecule has 6 heteroatoms. The summed E-state index contributed by atoms with van der Waals surface area (Å²) in [5.74, 6) is 1.18. The van der Waals surface area contributed by atoms with Gasteiger partial charge in [-0.25, -0.2) is 0 Å². The molecule has 1 aliphatic heterocycles. The lowest BCUT2D eigenvalue weighted by molar-refractivity contribution is -0.384. The normalized spacial score (nSPS) is 21.2. The van der Waals surface area contributed by atoms with Crippen molar-refractivity contribution in [1.29, 1.82) is 0 Å². The van der Waals surface area contributed by atoms with Crippen molar-refractivity contribution < 1.29 is 14.4 Å². The maximum Gasteiger partial charge on any atom is 0.269 e. The molecule has 0 unspecified atom stereocenters. The minimum absolute atomic E-state index is 0.0854. The maximum atomic E-state index is 10.7. The maximum absolute atomic E-state index is 10.7. The predicted molar refractivity (Wildman–Crippen MR) is 98.1 cm³/mol. The zero-order valence-corrected chi connectivity index (χ0v) is 15.4. The first-order chi connectivity index (χ1) is 12.1. The van der Waals surface area contributed by atoms with E-state index in [1.165, 1.54) is 37.9 Å². The van der Waals surface area contributed by atoms with Gasteiger partial charge in [-0.1, -0.05) is 19.8 Å². The van der Waals surface area contributed by atoms with E-state index in [4.69, 9.17) is 9.47 Å². The van der Waals surface area contributed by atoms with Crippen LogP contribution in [0.25, 0.3) is 0 Å². The van der Waals surface area contributed by atoms with Gasteiger partial charge in [0, 0.05) is 25.8 Å². The molecule has 0 bridgehead atoms. The molecule has 1 saturated heterocycles. The lowest BCUT2D eigenvalue weighted by atomic mass is 9.91. The summed E-state index contributed by atoms with van der Waals surface area (Å²) in [6, 6.07) is 6.26. The van der Waals surface area contributed by atoms with Gasteiger partial charge in [-0.2, -0.15) is 0 Å². The highest BCUT2D eigenvalue weighted by Crippen LogP contribution is 2.24. The molecule has 0 amide bonds. The number of ether oxygens (including phenoxy) is 2. The summed E-state index contributed by atoms with van der Waals surface area (Å²) in [5.41, 5.74) is 0.0854. The van der Waals surface area contributed by atoms with Gasteiger partial charge < -0.3 is 14.4 Å². The van der Waals surface area contributed by atoms with E-state index < -0.39 is 4.92 Å². The Kier molecular flexibility index (Phi) is 8.15. The number of likely N-dealkylation sites (tertiary alicyclic amines) is 1. The van der Waals surface area contributed by atoms with E-state index in [2.05, 4.69) is 11.8 Å². The molecule has 0 spiro atoms. The Bertz CT molecular complexity index is 521. The van der Waals surface area contributed by atoms with Crippen molar-refractivity contribution in [2.75, 3.05) is 33.4 Å². The number of non-ortho nitro benzene ring substituents is 1. The van der Waals surface area contributed by atoms with Crippen molar-refractivity contribution in [3.8, 4) is 5.75 Å². The summed E-state index contributed by atoms with van der Waals surface area (Å²) < 4.78 is 11.5. The van der Waals surface area contributed by atoms with Crippen LogP contribution in [0, 0.1) is 16.0 Å². The van der Waals surface area contributed by atoms with Gasteiger partial charge in [0.25, 0.3) is 5.69 Å². The molecular weight excluding hydrogens is 320 g/mol. The Hall–Kier alpha value is -1.66. The van der Waals surface area contributed by atoms with Gasteiger partial charge in [0.1, 0.15) is 5.75 Å². The number of benzene rings is 1. The number of nitro benzene ring substituents is 1. The number of hydrogen-bond acceptors (Lipinski definition) is 5. The Labute approximate surface area is 150 Å². The first-order valence-corrected chi connectivity index (χ1v) is 9.26. The first-order valence-electron chi connectivity index (χ1n) is 9.26. The van der Waals surface area contributed by atoms with Crippen LogP contribution >= 0.6 is 0 Å². The molecule has 0 aliphatic carbocycles. The molecule has 0 saturated carbocycles. The van der Waals surface area contributed by atoms with Crippen LogP contribution in [-0.2, 0) is 4.74 Å². The minimum Gasteiger partial charge on any atom is -0.494 e. The third kappa shape index (κ3) is 6.29. The second-order valence-electron chi connectivity index (χ2n) is 6.72. The van der Waals surface area contributed by atoms with Gasteiger partial charge >= 0.3 is 0 Å². The van der Waals surface area contributed by atoms with Crippen LogP contribution in [0.3, 0.4) is 0 Å². The average Bonchev–Trinajstić information content (AvgIpc) is 2.63. The Morgan fingerprint density at radius 1 is 1.28 bits per heavy atom. The quantitative estimate of drug-likeness (QED) is 0.364. The Morgan fingerprint density at radius 3 is 2.68 bits per heavy atom. The molecule has 1 aromatic rings. The molecule has 2 atom stereocenters. The van der Waals surface area contributed by atoms with Gasteiger partial charge in [0.2, 0.25) is 0 Å². The number of nitrogens with zero attached hydrogens (tertiary/aromatic N) is 2. The highest BCUT2D eigenvalue weighted by Gasteiger charge is 2.28. The van der Waals surface area contributed by atoms with Crippen LogP contribution in [0.5, 0.6) is 5.75 Å². The molecule has 140 valence electrons. The van der Waals surface area contributed by atoms with Crippen molar-refractivity contribution in [2.45, 2.75) is 45.1 Å². The predicted octanol–water partition coefficient (Wildman–Crippen LogP) is 3.89.